The van der Waals surface area contributed by atoms with Crippen LogP contribution >= 0.6 is 27.3 Å². The van der Waals surface area contributed by atoms with Crippen molar-refractivity contribution in [1.82, 2.24) is 15.2 Å². The number of carbonyl (C=O) groups excluding carboxylic acids is 1. The molecule has 136 valence electrons. The third kappa shape index (κ3) is 3.92. The number of anilines is 1. The molecule has 26 heavy (non-hydrogen) atoms. The van der Waals surface area contributed by atoms with Crippen LogP contribution in [0.1, 0.15) is 10.6 Å². The van der Waals surface area contributed by atoms with Crippen molar-refractivity contribution in [2.75, 3.05) is 44.2 Å². The molecule has 1 fully saturated rings. The molecule has 3 heterocycles. The lowest BCUT2D eigenvalue weighted by molar-refractivity contribution is 0.0920. The molecular weight excluding hydrogens is 416 g/mol. The van der Waals surface area contributed by atoms with Crippen molar-refractivity contribution in [2.24, 2.45) is 0 Å². The van der Waals surface area contributed by atoms with Crippen LogP contribution in [0.15, 0.2) is 45.5 Å². The summed E-state index contributed by atoms with van der Waals surface area (Å²) in [6.45, 7) is 5.30. The number of aromatic nitrogens is 1. The third-order valence-corrected chi connectivity index (χ3v) is 6.01. The molecule has 1 aliphatic heterocycles. The van der Waals surface area contributed by atoms with Gasteiger partial charge in [0.15, 0.2) is 10.9 Å². The Morgan fingerprint density at radius 2 is 2.12 bits per heavy atom. The van der Waals surface area contributed by atoms with Crippen LogP contribution in [0, 0.1) is 0 Å². The van der Waals surface area contributed by atoms with Crippen LogP contribution in [0.4, 0.5) is 5.13 Å². The van der Waals surface area contributed by atoms with E-state index < -0.39 is 0 Å². The van der Waals surface area contributed by atoms with E-state index >= 15 is 0 Å². The fourth-order valence-electron chi connectivity index (χ4n) is 3.01. The second-order valence-corrected chi connectivity index (χ2v) is 8.10. The molecule has 0 aliphatic carbocycles. The van der Waals surface area contributed by atoms with Gasteiger partial charge in [-0.2, -0.15) is 0 Å². The van der Waals surface area contributed by atoms with Crippen molar-refractivity contribution < 1.29 is 9.21 Å². The molecule has 1 aromatic carbocycles. The number of rotatable bonds is 5. The fourth-order valence-corrected chi connectivity index (χ4v) is 4.58. The van der Waals surface area contributed by atoms with E-state index in [1.54, 1.807) is 23.5 Å². The second-order valence-electron chi connectivity index (χ2n) is 6.17. The zero-order chi connectivity index (χ0) is 17.9. The smallest absolute Gasteiger partial charge is 0.287 e. The minimum atomic E-state index is -0.158. The van der Waals surface area contributed by atoms with E-state index in [2.05, 4.69) is 43.2 Å². The molecule has 2 aromatic heterocycles. The van der Waals surface area contributed by atoms with Crippen molar-refractivity contribution in [3.05, 3.63) is 46.8 Å². The average Bonchev–Trinajstić information content (AvgIpc) is 3.31. The summed E-state index contributed by atoms with van der Waals surface area (Å²) in [5.74, 6) is 0.201. The van der Waals surface area contributed by atoms with Crippen LogP contribution in [-0.2, 0) is 0 Å². The molecule has 0 atom stereocenters. The number of benzene rings is 1. The van der Waals surface area contributed by atoms with Gasteiger partial charge < -0.3 is 14.6 Å². The van der Waals surface area contributed by atoms with Gasteiger partial charge in [0.05, 0.1) is 16.5 Å². The van der Waals surface area contributed by atoms with Crippen LogP contribution in [0.5, 0.6) is 0 Å². The summed E-state index contributed by atoms with van der Waals surface area (Å²) in [5.41, 5.74) is 1.05. The average molecular weight is 435 g/mol. The summed E-state index contributed by atoms with van der Waals surface area (Å²) in [4.78, 5) is 21.3. The second kappa shape index (κ2) is 7.77. The van der Waals surface area contributed by atoms with E-state index in [4.69, 9.17) is 9.40 Å². The SMILES string of the molecule is O=C(NCCN1CCN(c2nc3ccc(Br)cc3s2)CC1)c1ccco1. The first-order valence-corrected chi connectivity index (χ1v) is 10.1. The summed E-state index contributed by atoms with van der Waals surface area (Å²) in [6.07, 6.45) is 1.51. The van der Waals surface area contributed by atoms with Crippen molar-refractivity contribution in [3.63, 3.8) is 0 Å². The Kier molecular flexibility index (Phi) is 5.23. The Morgan fingerprint density at radius 3 is 2.88 bits per heavy atom. The van der Waals surface area contributed by atoms with E-state index in [1.807, 2.05) is 6.07 Å². The standard InChI is InChI=1S/C18H19BrN4O2S/c19-13-3-4-14-16(12-13)26-18(21-14)23-9-7-22(8-10-23)6-5-20-17(24)15-2-1-11-25-15/h1-4,11-12H,5-10H2,(H,20,24). The number of hydrogen-bond donors (Lipinski definition) is 1. The highest BCUT2D eigenvalue weighted by atomic mass is 79.9. The maximum absolute atomic E-state index is 11.9. The third-order valence-electron chi connectivity index (χ3n) is 4.44. The van der Waals surface area contributed by atoms with Crippen LogP contribution in [-0.4, -0.2) is 55.1 Å². The Labute approximate surface area is 163 Å². The molecule has 1 amide bonds. The highest BCUT2D eigenvalue weighted by molar-refractivity contribution is 9.10. The number of nitrogens with one attached hydrogen (secondary N) is 1. The quantitative estimate of drug-likeness (QED) is 0.667. The van der Waals surface area contributed by atoms with Gasteiger partial charge >= 0.3 is 0 Å². The highest BCUT2D eigenvalue weighted by Gasteiger charge is 2.20. The molecule has 1 saturated heterocycles. The number of piperazine rings is 1. The largest absolute Gasteiger partial charge is 0.459 e. The summed E-state index contributed by atoms with van der Waals surface area (Å²) in [5, 5.41) is 3.98. The summed E-state index contributed by atoms with van der Waals surface area (Å²) in [7, 11) is 0. The monoisotopic (exact) mass is 434 g/mol. The van der Waals surface area contributed by atoms with Gasteiger partial charge in [0.1, 0.15) is 0 Å². The van der Waals surface area contributed by atoms with Crippen LogP contribution < -0.4 is 10.2 Å². The lowest BCUT2D eigenvalue weighted by Crippen LogP contribution is -2.48. The van der Waals surface area contributed by atoms with Gasteiger partial charge in [0, 0.05) is 43.7 Å². The molecule has 0 spiro atoms. The van der Waals surface area contributed by atoms with Gasteiger partial charge in [-0.05, 0) is 30.3 Å². The van der Waals surface area contributed by atoms with Gasteiger partial charge in [0.25, 0.3) is 5.91 Å². The molecule has 1 aliphatic rings. The van der Waals surface area contributed by atoms with Gasteiger partial charge in [-0.15, -0.1) is 0 Å². The number of thiazole rings is 1. The van der Waals surface area contributed by atoms with E-state index in [0.29, 0.717) is 12.3 Å². The zero-order valence-corrected chi connectivity index (χ0v) is 16.6. The van der Waals surface area contributed by atoms with Crippen LogP contribution in [0.25, 0.3) is 10.2 Å². The predicted octanol–water partition coefficient (Wildman–Crippen LogP) is 3.20. The molecule has 0 saturated carbocycles. The number of hydrogen-bond acceptors (Lipinski definition) is 6. The molecule has 3 aromatic rings. The van der Waals surface area contributed by atoms with Crippen LogP contribution in [0.2, 0.25) is 0 Å². The molecule has 1 N–H and O–H groups in total. The number of halogens is 1. The Balaban J connectivity index is 1.26. The zero-order valence-electron chi connectivity index (χ0n) is 14.2. The predicted molar refractivity (Wildman–Crippen MR) is 107 cm³/mol. The molecular formula is C18H19BrN4O2S. The van der Waals surface area contributed by atoms with Crippen molar-refractivity contribution in [1.29, 1.82) is 0 Å². The Bertz CT molecular complexity index is 888. The molecule has 6 nitrogen and oxygen atoms in total. The van der Waals surface area contributed by atoms with Gasteiger partial charge in [0.2, 0.25) is 0 Å². The van der Waals surface area contributed by atoms with E-state index in [0.717, 1.165) is 47.8 Å². The van der Waals surface area contributed by atoms with Crippen molar-refractivity contribution >= 4 is 48.5 Å². The summed E-state index contributed by atoms with van der Waals surface area (Å²) in [6, 6.07) is 9.59. The van der Waals surface area contributed by atoms with Gasteiger partial charge in [-0.3, -0.25) is 9.69 Å². The maximum Gasteiger partial charge on any atom is 0.287 e. The molecule has 4 rings (SSSR count). The van der Waals surface area contributed by atoms with Crippen LogP contribution in [0.3, 0.4) is 0 Å². The van der Waals surface area contributed by atoms with Crippen molar-refractivity contribution in [3.8, 4) is 0 Å². The first-order valence-electron chi connectivity index (χ1n) is 8.54. The summed E-state index contributed by atoms with van der Waals surface area (Å²) >= 11 is 5.25. The van der Waals surface area contributed by atoms with Gasteiger partial charge in [-0.25, -0.2) is 4.98 Å². The normalized spacial score (nSPS) is 15.5. The Hall–Kier alpha value is -1.90. The number of amides is 1. The first kappa shape index (κ1) is 17.5. The Morgan fingerprint density at radius 1 is 1.27 bits per heavy atom. The number of furan rings is 1. The first-order chi connectivity index (χ1) is 12.7. The maximum atomic E-state index is 11.9. The fraction of sp³-hybridized carbons (Fsp3) is 0.333. The molecule has 0 unspecified atom stereocenters. The van der Waals surface area contributed by atoms with E-state index in [9.17, 15) is 4.79 Å². The number of carbonyl (C=O) groups is 1. The minimum Gasteiger partial charge on any atom is -0.459 e. The lowest BCUT2D eigenvalue weighted by Gasteiger charge is -2.34. The molecule has 0 radical (unpaired) electrons. The van der Waals surface area contributed by atoms with Gasteiger partial charge in [-0.1, -0.05) is 27.3 Å². The molecule has 0 bridgehead atoms. The minimum absolute atomic E-state index is 0.158. The molecule has 8 heteroatoms. The lowest BCUT2D eigenvalue weighted by atomic mass is 10.3. The topological polar surface area (TPSA) is 61.6 Å². The highest BCUT2D eigenvalue weighted by Crippen LogP contribution is 2.31. The number of fused-ring (bicyclic) bond motifs is 1. The number of nitrogens with zero attached hydrogens (tertiary/aromatic N) is 3. The summed E-state index contributed by atoms with van der Waals surface area (Å²) < 4.78 is 7.38. The van der Waals surface area contributed by atoms with E-state index in [-0.39, 0.29) is 5.91 Å². The van der Waals surface area contributed by atoms with Crippen molar-refractivity contribution in [2.45, 2.75) is 0 Å². The van der Waals surface area contributed by atoms with E-state index in [1.165, 1.54) is 11.0 Å².